The third-order valence-corrected chi connectivity index (χ3v) is 3.83. The third-order valence-electron chi connectivity index (χ3n) is 3.26. The first-order valence-electron chi connectivity index (χ1n) is 6.46. The van der Waals surface area contributed by atoms with E-state index in [0.717, 1.165) is 4.90 Å². The topological polar surface area (TPSA) is 66.5 Å². The molecule has 1 aliphatic rings. The second-order valence-corrected chi connectivity index (χ2v) is 5.67. The number of carbonyl (C=O) groups is 3. The van der Waals surface area contributed by atoms with Crippen molar-refractivity contribution < 1.29 is 14.4 Å². The average molecular weight is 329 g/mol. The van der Waals surface area contributed by atoms with Crippen molar-refractivity contribution in [2.24, 2.45) is 0 Å². The standard InChI is InChI=1S/C14H14Cl2N2O3/c1-8(10-3-2-9(15)6-11(10)16)17-12(19)7-18-13(20)4-5-14(18)21/h2-3,6,8H,4-5,7H2,1H3,(H,17,19)/t8-/m1/s1. The zero-order valence-corrected chi connectivity index (χ0v) is 12.9. The van der Waals surface area contributed by atoms with Gasteiger partial charge in [-0.25, -0.2) is 0 Å². The summed E-state index contributed by atoms with van der Waals surface area (Å²) in [6, 6.07) is 4.64. The Bertz CT molecular complexity index is 588. The fraction of sp³-hybridized carbons (Fsp3) is 0.357. The highest BCUT2D eigenvalue weighted by atomic mass is 35.5. The summed E-state index contributed by atoms with van der Waals surface area (Å²) in [5, 5.41) is 3.67. The molecule has 21 heavy (non-hydrogen) atoms. The highest BCUT2D eigenvalue weighted by molar-refractivity contribution is 6.35. The van der Waals surface area contributed by atoms with Gasteiger partial charge in [0.25, 0.3) is 0 Å². The Morgan fingerprint density at radius 1 is 1.29 bits per heavy atom. The highest BCUT2D eigenvalue weighted by Gasteiger charge is 2.30. The largest absolute Gasteiger partial charge is 0.348 e. The Morgan fingerprint density at radius 3 is 2.48 bits per heavy atom. The van der Waals surface area contributed by atoms with Crippen LogP contribution in [0.1, 0.15) is 31.4 Å². The number of hydrogen-bond donors (Lipinski definition) is 1. The molecule has 1 fully saturated rings. The van der Waals surface area contributed by atoms with Gasteiger partial charge in [-0.3, -0.25) is 19.3 Å². The summed E-state index contributed by atoms with van der Waals surface area (Å²) >= 11 is 11.9. The van der Waals surface area contributed by atoms with Crippen LogP contribution in [-0.2, 0) is 14.4 Å². The Labute approximate surface area is 132 Å². The van der Waals surface area contributed by atoms with E-state index in [0.29, 0.717) is 15.6 Å². The maximum atomic E-state index is 11.9. The Balaban J connectivity index is 1.99. The Kier molecular flexibility index (Phi) is 4.85. The smallest absolute Gasteiger partial charge is 0.240 e. The molecule has 3 amide bonds. The predicted molar refractivity (Wildman–Crippen MR) is 79.0 cm³/mol. The number of amides is 3. The van der Waals surface area contributed by atoms with Crippen LogP contribution in [0.15, 0.2) is 18.2 Å². The molecule has 1 heterocycles. The van der Waals surface area contributed by atoms with Gasteiger partial charge in [-0.1, -0.05) is 29.3 Å². The molecule has 2 rings (SSSR count). The predicted octanol–water partition coefficient (Wildman–Crippen LogP) is 2.32. The molecule has 1 aromatic carbocycles. The molecule has 5 nitrogen and oxygen atoms in total. The van der Waals surface area contributed by atoms with Crippen molar-refractivity contribution in [1.29, 1.82) is 0 Å². The molecule has 1 aliphatic heterocycles. The minimum Gasteiger partial charge on any atom is -0.348 e. The quantitative estimate of drug-likeness (QED) is 0.862. The number of likely N-dealkylation sites (tertiary alicyclic amines) is 1. The molecule has 112 valence electrons. The molecule has 0 spiro atoms. The highest BCUT2D eigenvalue weighted by Crippen LogP contribution is 2.26. The molecule has 1 saturated heterocycles. The maximum Gasteiger partial charge on any atom is 0.240 e. The molecule has 0 saturated carbocycles. The van der Waals surface area contributed by atoms with Crippen LogP contribution < -0.4 is 5.32 Å². The number of halogens is 2. The Morgan fingerprint density at radius 2 is 1.90 bits per heavy atom. The first-order chi connectivity index (χ1) is 9.88. The summed E-state index contributed by atoms with van der Waals surface area (Å²) < 4.78 is 0. The van der Waals surface area contributed by atoms with Crippen LogP contribution in [0.25, 0.3) is 0 Å². The monoisotopic (exact) mass is 328 g/mol. The summed E-state index contributed by atoms with van der Waals surface area (Å²) in [4.78, 5) is 35.8. The van der Waals surface area contributed by atoms with Crippen LogP contribution in [0.3, 0.4) is 0 Å². The van der Waals surface area contributed by atoms with Gasteiger partial charge in [-0.15, -0.1) is 0 Å². The van der Waals surface area contributed by atoms with Crippen LogP contribution in [0.2, 0.25) is 10.0 Å². The number of hydrogen-bond acceptors (Lipinski definition) is 3. The van der Waals surface area contributed by atoms with E-state index in [-0.39, 0.29) is 37.2 Å². The lowest BCUT2D eigenvalue weighted by Crippen LogP contribution is -2.40. The van der Waals surface area contributed by atoms with Crippen molar-refractivity contribution in [3.63, 3.8) is 0 Å². The third kappa shape index (κ3) is 3.74. The lowest BCUT2D eigenvalue weighted by atomic mass is 10.1. The minimum absolute atomic E-state index is 0.171. The Hall–Kier alpha value is -1.59. The van der Waals surface area contributed by atoms with Crippen LogP contribution >= 0.6 is 23.2 Å². The molecular formula is C14H14Cl2N2O3. The molecule has 0 aromatic heterocycles. The van der Waals surface area contributed by atoms with Crippen LogP contribution in [0.4, 0.5) is 0 Å². The van der Waals surface area contributed by atoms with E-state index in [9.17, 15) is 14.4 Å². The van der Waals surface area contributed by atoms with Gasteiger partial charge in [0.15, 0.2) is 0 Å². The first-order valence-corrected chi connectivity index (χ1v) is 7.21. The summed E-state index contributed by atoms with van der Waals surface area (Å²) in [6.45, 7) is 1.51. The van der Waals surface area contributed by atoms with E-state index < -0.39 is 5.91 Å². The van der Waals surface area contributed by atoms with Gasteiger partial charge in [0, 0.05) is 22.9 Å². The van der Waals surface area contributed by atoms with E-state index in [4.69, 9.17) is 23.2 Å². The number of benzene rings is 1. The van der Waals surface area contributed by atoms with E-state index in [1.54, 1.807) is 25.1 Å². The number of nitrogens with zero attached hydrogens (tertiary/aromatic N) is 1. The molecule has 0 bridgehead atoms. The summed E-state index contributed by atoms with van der Waals surface area (Å²) in [5.74, 6) is -1.03. The zero-order valence-electron chi connectivity index (χ0n) is 11.4. The molecule has 1 aromatic rings. The fourth-order valence-corrected chi connectivity index (χ4v) is 2.73. The number of imide groups is 1. The van der Waals surface area contributed by atoms with Crippen molar-refractivity contribution in [2.75, 3.05) is 6.54 Å². The average Bonchev–Trinajstić information content (AvgIpc) is 2.70. The normalized spacial score (nSPS) is 16.2. The summed E-state index contributed by atoms with van der Waals surface area (Å²) in [6.07, 6.45) is 0.343. The van der Waals surface area contributed by atoms with Crippen LogP contribution in [0, 0.1) is 0 Å². The lowest BCUT2D eigenvalue weighted by molar-refractivity contribution is -0.142. The van der Waals surface area contributed by atoms with E-state index in [1.807, 2.05) is 0 Å². The zero-order chi connectivity index (χ0) is 15.6. The molecule has 1 N–H and O–H groups in total. The minimum atomic E-state index is -0.405. The second kappa shape index (κ2) is 6.45. The van der Waals surface area contributed by atoms with Crippen LogP contribution in [-0.4, -0.2) is 29.2 Å². The van der Waals surface area contributed by atoms with Crippen molar-refractivity contribution in [3.05, 3.63) is 33.8 Å². The maximum absolute atomic E-state index is 11.9. The molecule has 0 unspecified atom stereocenters. The van der Waals surface area contributed by atoms with E-state index in [2.05, 4.69) is 5.32 Å². The van der Waals surface area contributed by atoms with Gasteiger partial charge in [0.1, 0.15) is 6.54 Å². The number of carbonyl (C=O) groups excluding carboxylic acids is 3. The van der Waals surface area contributed by atoms with Gasteiger partial charge < -0.3 is 5.32 Å². The van der Waals surface area contributed by atoms with Crippen molar-refractivity contribution in [1.82, 2.24) is 10.2 Å². The van der Waals surface area contributed by atoms with E-state index >= 15 is 0 Å². The van der Waals surface area contributed by atoms with Crippen molar-refractivity contribution in [3.8, 4) is 0 Å². The summed E-state index contributed by atoms with van der Waals surface area (Å²) in [5.41, 5.74) is 0.716. The number of nitrogens with one attached hydrogen (secondary N) is 1. The van der Waals surface area contributed by atoms with Gasteiger partial charge >= 0.3 is 0 Å². The first kappa shape index (κ1) is 15.8. The van der Waals surface area contributed by atoms with Gasteiger partial charge in [0.2, 0.25) is 17.7 Å². The number of rotatable bonds is 4. The van der Waals surface area contributed by atoms with Gasteiger partial charge in [-0.05, 0) is 24.6 Å². The molecule has 7 heteroatoms. The molecule has 0 radical (unpaired) electrons. The fourth-order valence-electron chi connectivity index (χ4n) is 2.16. The van der Waals surface area contributed by atoms with E-state index in [1.165, 1.54) is 0 Å². The summed E-state index contributed by atoms with van der Waals surface area (Å²) in [7, 11) is 0. The van der Waals surface area contributed by atoms with Crippen LogP contribution in [0.5, 0.6) is 0 Å². The molecule has 1 atom stereocenters. The second-order valence-electron chi connectivity index (χ2n) is 4.83. The van der Waals surface area contributed by atoms with Gasteiger partial charge in [0.05, 0.1) is 6.04 Å². The SMILES string of the molecule is C[C@@H](NC(=O)CN1C(=O)CCC1=O)c1ccc(Cl)cc1Cl. The van der Waals surface area contributed by atoms with Gasteiger partial charge in [-0.2, -0.15) is 0 Å². The van der Waals surface area contributed by atoms with Crippen molar-refractivity contribution in [2.45, 2.75) is 25.8 Å². The molecular weight excluding hydrogens is 315 g/mol. The molecule has 0 aliphatic carbocycles. The lowest BCUT2D eigenvalue weighted by Gasteiger charge is -2.18. The van der Waals surface area contributed by atoms with Crippen molar-refractivity contribution >= 4 is 40.9 Å².